The predicted molar refractivity (Wildman–Crippen MR) is 83.7 cm³/mol. The molecule has 0 aliphatic carbocycles. The summed E-state index contributed by atoms with van der Waals surface area (Å²) in [5, 5.41) is 0. The lowest BCUT2D eigenvalue weighted by Gasteiger charge is -2.09. The third kappa shape index (κ3) is 2.25. The molecule has 2 aromatic heterocycles. The molecule has 0 atom stereocenters. The summed E-state index contributed by atoms with van der Waals surface area (Å²) in [6.07, 6.45) is 1.84. The summed E-state index contributed by atoms with van der Waals surface area (Å²) in [5.74, 6) is 1.41. The summed E-state index contributed by atoms with van der Waals surface area (Å²) in [6, 6.07) is 7.81. The minimum atomic E-state index is 0.699. The number of methoxy groups -OCH3 is 2. The van der Waals surface area contributed by atoms with Crippen molar-refractivity contribution in [2.45, 2.75) is 0 Å². The van der Waals surface area contributed by atoms with Crippen LogP contribution in [-0.4, -0.2) is 23.6 Å². The van der Waals surface area contributed by atoms with Crippen LogP contribution in [0.3, 0.4) is 0 Å². The first kappa shape index (κ1) is 13.3. The molecule has 0 amide bonds. The van der Waals surface area contributed by atoms with E-state index >= 15 is 0 Å². The standard InChI is InChI=1S/C14H11BrN2O2S/c1-18-11-4-3-8(6-12(11)19-2)9-5-10-13(16-7-9)14(15)20-17-10/h3-7H,1-2H3. The number of hydrogen-bond acceptors (Lipinski definition) is 5. The van der Waals surface area contributed by atoms with Gasteiger partial charge in [0.15, 0.2) is 11.5 Å². The third-order valence-corrected chi connectivity index (χ3v) is 4.45. The number of ether oxygens (including phenoxy) is 2. The topological polar surface area (TPSA) is 44.2 Å². The summed E-state index contributed by atoms with van der Waals surface area (Å²) in [4.78, 5) is 4.44. The van der Waals surface area contributed by atoms with Crippen molar-refractivity contribution in [2.24, 2.45) is 0 Å². The lowest BCUT2D eigenvalue weighted by atomic mass is 10.1. The van der Waals surface area contributed by atoms with Crippen LogP contribution in [-0.2, 0) is 0 Å². The van der Waals surface area contributed by atoms with Crippen LogP contribution in [0.5, 0.6) is 11.5 Å². The number of aromatic nitrogens is 2. The Balaban J connectivity index is 2.10. The van der Waals surface area contributed by atoms with E-state index in [0.29, 0.717) is 11.5 Å². The Labute approximate surface area is 128 Å². The molecule has 102 valence electrons. The van der Waals surface area contributed by atoms with Gasteiger partial charge in [0, 0.05) is 11.8 Å². The van der Waals surface area contributed by atoms with E-state index in [1.165, 1.54) is 11.5 Å². The van der Waals surface area contributed by atoms with Crippen LogP contribution in [0.2, 0.25) is 0 Å². The quantitative estimate of drug-likeness (QED) is 0.712. The zero-order valence-electron chi connectivity index (χ0n) is 10.9. The maximum atomic E-state index is 5.32. The van der Waals surface area contributed by atoms with Gasteiger partial charge >= 0.3 is 0 Å². The van der Waals surface area contributed by atoms with Gasteiger partial charge in [-0.25, -0.2) is 0 Å². The number of halogens is 1. The highest BCUT2D eigenvalue weighted by Gasteiger charge is 2.09. The second-order valence-electron chi connectivity index (χ2n) is 4.12. The molecule has 0 bridgehead atoms. The van der Waals surface area contributed by atoms with Gasteiger partial charge in [-0.05, 0) is 51.2 Å². The Kier molecular flexibility index (Phi) is 3.58. The van der Waals surface area contributed by atoms with Crippen LogP contribution in [0.4, 0.5) is 0 Å². The minimum Gasteiger partial charge on any atom is -0.493 e. The van der Waals surface area contributed by atoms with Crippen molar-refractivity contribution in [3.63, 3.8) is 0 Å². The van der Waals surface area contributed by atoms with Crippen LogP contribution < -0.4 is 9.47 Å². The number of nitrogens with zero attached hydrogens (tertiary/aromatic N) is 2. The molecule has 0 fully saturated rings. The number of fused-ring (bicyclic) bond motifs is 1. The second kappa shape index (κ2) is 5.38. The van der Waals surface area contributed by atoms with Gasteiger partial charge in [0.05, 0.1) is 14.2 Å². The molecular formula is C14H11BrN2O2S. The molecule has 1 aromatic carbocycles. The van der Waals surface area contributed by atoms with Crippen LogP contribution in [0.25, 0.3) is 22.2 Å². The van der Waals surface area contributed by atoms with E-state index in [9.17, 15) is 0 Å². The number of benzene rings is 1. The third-order valence-electron chi connectivity index (χ3n) is 2.99. The molecule has 0 N–H and O–H groups in total. The van der Waals surface area contributed by atoms with Crippen LogP contribution in [0, 0.1) is 0 Å². The number of pyridine rings is 1. The van der Waals surface area contributed by atoms with Gasteiger partial charge < -0.3 is 9.47 Å². The van der Waals surface area contributed by atoms with Crippen LogP contribution in [0.15, 0.2) is 34.2 Å². The van der Waals surface area contributed by atoms with Crippen molar-refractivity contribution >= 4 is 38.5 Å². The molecule has 3 rings (SSSR count). The molecule has 6 heteroatoms. The van der Waals surface area contributed by atoms with E-state index in [1.54, 1.807) is 14.2 Å². The summed E-state index contributed by atoms with van der Waals surface area (Å²) in [5.41, 5.74) is 3.78. The van der Waals surface area contributed by atoms with Gasteiger partial charge in [0.1, 0.15) is 14.8 Å². The summed E-state index contributed by atoms with van der Waals surface area (Å²) < 4.78 is 15.9. The van der Waals surface area contributed by atoms with Gasteiger partial charge in [-0.2, -0.15) is 4.37 Å². The van der Waals surface area contributed by atoms with E-state index in [4.69, 9.17) is 9.47 Å². The van der Waals surface area contributed by atoms with E-state index in [0.717, 1.165) is 25.9 Å². The largest absolute Gasteiger partial charge is 0.493 e. The summed E-state index contributed by atoms with van der Waals surface area (Å²) in [7, 11) is 3.25. The van der Waals surface area contributed by atoms with E-state index < -0.39 is 0 Å². The highest BCUT2D eigenvalue weighted by atomic mass is 79.9. The van der Waals surface area contributed by atoms with Gasteiger partial charge in [0.2, 0.25) is 0 Å². The Bertz CT molecular complexity index is 773. The van der Waals surface area contributed by atoms with Crippen molar-refractivity contribution in [1.29, 1.82) is 0 Å². The lowest BCUT2D eigenvalue weighted by molar-refractivity contribution is 0.355. The fourth-order valence-electron chi connectivity index (χ4n) is 1.98. The number of rotatable bonds is 3. The number of hydrogen-bond donors (Lipinski definition) is 0. The van der Waals surface area contributed by atoms with Gasteiger partial charge in [-0.1, -0.05) is 6.07 Å². The Morgan fingerprint density at radius 2 is 1.85 bits per heavy atom. The maximum Gasteiger partial charge on any atom is 0.161 e. The van der Waals surface area contributed by atoms with Crippen molar-refractivity contribution in [3.05, 3.63) is 34.2 Å². The highest BCUT2D eigenvalue weighted by molar-refractivity contribution is 9.11. The normalized spacial score (nSPS) is 10.8. The average Bonchev–Trinajstić information content (AvgIpc) is 2.87. The predicted octanol–water partition coefficient (Wildman–Crippen LogP) is 4.14. The van der Waals surface area contributed by atoms with Gasteiger partial charge in [0.25, 0.3) is 0 Å². The highest BCUT2D eigenvalue weighted by Crippen LogP contribution is 2.34. The lowest BCUT2D eigenvalue weighted by Crippen LogP contribution is -1.91. The summed E-state index contributed by atoms with van der Waals surface area (Å²) >= 11 is 4.84. The first-order chi connectivity index (χ1) is 9.72. The molecule has 0 saturated carbocycles. The second-order valence-corrected chi connectivity index (χ2v) is 6.21. The van der Waals surface area contributed by atoms with Crippen molar-refractivity contribution < 1.29 is 9.47 Å². The maximum absolute atomic E-state index is 5.32. The van der Waals surface area contributed by atoms with Crippen molar-refractivity contribution in [3.8, 4) is 22.6 Å². The monoisotopic (exact) mass is 350 g/mol. The van der Waals surface area contributed by atoms with Crippen LogP contribution in [0.1, 0.15) is 0 Å². The molecule has 0 saturated heterocycles. The zero-order valence-corrected chi connectivity index (χ0v) is 13.3. The fraction of sp³-hybridized carbons (Fsp3) is 0.143. The molecule has 3 aromatic rings. The van der Waals surface area contributed by atoms with Gasteiger partial charge in [-0.3, -0.25) is 4.98 Å². The molecule has 0 radical (unpaired) electrons. The molecule has 0 aliphatic rings. The first-order valence-electron chi connectivity index (χ1n) is 5.86. The van der Waals surface area contributed by atoms with E-state index in [2.05, 4.69) is 25.3 Å². The van der Waals surface area contributed by atoms with Crippen LogP contribution >= 0.6 is 27.5 Å². The van der Waals surface area contributed by atoms with Crippen molar-refractivity contribution in [1.82, 2.24) is 9.36 Å². The molecule has 0 unspecified atom stereocenters. The summed E-state index contributed by atoms with van der Waals surface area (Å²) in [6.45, 7) is 0. The molecule has 2 heterocycles. The van der Waals surface area contributed by atoms with E-state index in [-0.39, 0.29) is 0 Å². The van der Waals surface area contributed by atoms with Gasteiger partial charge in [-0.15, -0.1) is 0 Å². The Morgan fingerprint density at radius 1 is 1.05 bits per heavy atom. The molecule has 0 aliphatic heterocycles. The Hall–Kier alpha value is -1.66. The molecule has 4 nitrogen and oxygen atoms in total. The first-order valence-corrected chi connectivity index (χ1v) is 7.43. The molecule has 20 heavy (non-hydrogen) atoms. The zero-order chi connectivity index (χ0) is 14.1. The van der Waals surface area contributed by atoms with E-state index in [1.807, 2.05) is 30.5 Å². The van der Waals surface area contributed by atoms with Crippen molar-refractivity contribution in [2.75, 3.05) is 14.2 Å². The Morgan fingerprint density at radius 3 is 2.60 bits per heavy atom. The fourth-order valence-corrected chi connectivity index (χ4v) is 3.06. The smallest absolute Gasteiger partial charge is 0.161 e. The average molecular weight is 351 g/mol. The minimum absolute atomic E-state index is 0.699. The molecular weight excluding hydrogens is 340 g/mol. The SMILES string of the molecule is COc1ccc(-c2cnc3c(Br)snc3c2)cc1OC. The molecule has 0 spiro atoms.